The van der Waals surface area contributed by atoms with Crippen LogP contribution in [0.25, 0.3) is 0 Å². The fourth-order valence-corrected chi connectivity index (χ4v) is 0.984. The average Bonchev–Trinajstić information content (AvgIpc) is 1.99. The zero-order chi connectivity index (χ0) is 14.3. The Morgan fingerprint density at radius 2 is 1.59 bits per heavy atom. The second-order valence-corrected chi connectivity index (χ2v) is 4.58. The average molecular weight is 309 g/mol. The smallest absolute Gasteiger partial charge is 0.384 e. The highest BCUT2D eigenvalue weighted by molar-refractivity contribution is 7.90. The lowest BCUT2D eigenvalue weighted by Gasteiger charge is -2.10. The van der Waals surface area contributed by atoms with Gasteiger partial charge in [-0.2, -0.15) is 26.3 Å². The minimum Gasteiger partial charge on any atom is -0.384 e. The van der Waals surface area contributed by atoms with Gasteiger partial charge in [-0.15, -0.1) is 14.0 Å². The van der Waals surface area contributed by atoms with Crippen LogP contribution < -0.4 is 4.72 Å². The quantitative estimate of drug-likeness (QED) is 0.488. The number of ether oxygens (including phenoxy) is 1. The Labute approximate surface area is 96.0 Å². The molecule has 0 saturated heterocycles. The molecule has 0 rings (SSSR count). The van der Waals surface area contributed by atoms with Gasteiger partial charge >= 0.3 is 21.8 Å². The van der Waals surface area contributed by atoms with Crippen LogP contribution in [-0.4, -0.2) is 40.1 Å². The van der Waals surface area contributed by atoms with E-state index in [1.165, 1.54) is 0 Å². The predicted molar refractivity (Wildman–Crippen MR) is 50.6 cm³/mol. The predicted octanol–water partition coefficient (Wildman–Crippen LogP) is 1.45. The fourth-order valence-electron chi connectivity index (χ4n) is 0.328. The Hall–Kier alpha value is -0.120. The molecule has 0 aromatic heterocycles. The number of rotatable bonds is 3. The summed E-state index contributed by atoms with van der Waals surface area (Å²) in [5.41, 5.74) is -5.96. The molecule has 1 unspecified atom stereocenters. The molecule has 1 atom stereocenters. The lowest BCUT2D eigenvalue weighted by Crippen LogP contribution is -2.44. The van der Waals surface area contributed by atoms with Crippen LogP contribution in [0.5, 0.6) is 0 Å². The van der Waals surface area contributed by atoms with Crippen molar-refractivity contribution in [2.45, 2.75) is 11.8 Å². The molecule has 4 nitrogen and oxygen atoms in total. The normalized spacial score (nSPS) is 12.9. The van der Waals surface area contributed by atoms with Crippen molar-refractivity contribution in [2.75, 3.05) is 19.9 Å². The lowest BCUT2D eigenvalue weighted by atomic mass is 10.9. The maximum absolute atomic E-state index is 11.2. The first-order valence-electron chi connectivity index (χ1n) is 3.73. The molecule has 0 fully saturated rings. The third-order valence-electron chi connectivity index (χ3n) is 0.877. The van der Waals surface area contributed by atoms with Crippen LogP contribution in [-0.2, 0) is 14.8 Å². The van der Waals surface area contributed by atoms with Gasteiger partial charge < -0.3 is 4.74 Å². The van der Waals surface area contributed by atoms with Gasteiger partial charge in [0.05, 0.1) is 0 Å². The fraction of sp³-hybridized carbons (Fsp3) is 1.00. The molecule has 106 valence electrons. The van der Waals surface area contributed by atoms with E-state index in [1.54, 1.807) is 7.11 Å². The van der Waals surface area contributed by atoms with Crippen molar-refractivity contribution in [2.24, 2.45) is 0 Å². The molecule has 0 heterocycles. The number of nitrogens with one attached hydrogen (secondary N) is 1. The molecular formula is C5H10F6NO3PS. The summed E-state index contributed by atoms with van der Waals surface area (Å²) in [7, 11) is -2.06. The first kappa shape index (κ1) is 19.2. The van der Waals surface area contributed by atoms with Crippen LogP contribution in [0.4, 0.5) is 26.3 Å². The summed E-state index contributed by atoms with van der Waals surface area (Å²) in [5.74, 6) is 0. The van der Waals surface area contributed by atoms with Gasteiger partial charge in [-0.1, -0.05) is 0 Å². The van der Waals surface area contributed by atoms with E-state index in [9.17, 15) is 34.8 Å². The van der Waals surface area contributed by atoms with Crippen molar-refractivity contribution < 1.29 is 39.5 Å². The standard InChI is InChI=1S/C3H9OP.C2HF6NO2S/c1-4-2-3-5;3-1(4,5)9-12(10,11)2(6,7)8/h2-3,5H2,1H3;9H. The van der Waals surface area contributed by atoms with Crippen LogP contribution in [0, 0.1) is 0 Å². The topological polar surface area (TPSA) is 55.4 Å². The van der Waals surface area contributed by atoms with E-state index in [0.717, 1.165) is 12.8 Å². The molecule has 1 N–H and O–H groups in total. The molecule has 0 aliphatic carbocycles. The summed E-state index contributed by atoms with van der Waals surface area (Å²) in [4.78, 5) is 0. The van der Waals surface area contributed by atoms with Crippen molar-refractivity contribution in [1.29, 1.82) is 0 Å². The maximum atomic E-state index is 11.2. The van der Waals surface area contributed by atoms with Crippen molar-refractivity contribution in [3.8, 4) is 0 Å². The Kier molecular flexibility index (Phi) is 8.31. The SMILES string of the molecule is COCCP.O=S(=O)(NC(F)(F)F)C(F)(F)F. The third-order valence-corrected chi connectivity index (χ3v) is 2.22. The van der Waals surface area contributed by atoms with E-state index in [2.05, 4.69) is 14.0 Å². The summed E-state index contributed by atoms with van der Waals surface area (Å²) in [5, 5.41) is 0. The second-order valence-electron chi connectivity index (χ2n) is 2.33. The molecule has 0 aliphatic rings. The molecule has 0 radical (unpaired) electrons. The monoisotopic (exact) mass is 309 g/mol. The number of hydrogen-bond donors (Lipinski definition) is 1. The number of hydrogen-bond acceptors (Lipinski definition) is 3. The van der Waals surface area contributed by atoms with Gasteiger partial charge in [0.15, 0.2) is 0 Å². The van der Waals surface area contributed by atoms with E-state index >= 15 is 0 Å². The van der Waals surface area contributed by atoms with Gasteiger partial charge in [-0.25, -0.2) is 8.42 Å². The van der Waals surface area contributed by atoms with Crippen LogP contribution >= 0.6 is 9.24 Å². The Morgan fingerprint density at radius 3 is 1.65 bits per heavy atom. The molecule has 0 aromatic carbocycles. The van der Waals surface area contributed by atoms with Crippen molar-refractivity contribution in [3.05, 3.63) is 0 Å². The zero-order valence-corrected chi connectivity index (χ0v) is 10.4. The van der Waals surface area contributed by atoms with Gasteiger partial charge in [0.2, 0.25) is 0 Å². The van der Waals surface area contributed by atoms with Crippen molar-refractivity contribution in [3.63, 3.8) is 0 Å². The van der Waals surface area contributed by atoms with Crippen molar-refractivity contribution >= 4 is 19.3 Å². The number of sulfonamides is 1. The molecule has 0 aliphatic heterocycles. The van der Waals surface area contributed by atoms with E-state index in [4.69, 9.17) is 0 Å². The van der Waals surface area contributed by atoms with E-state index < -0.39 is 26.6 Å². The molecular weight excluding hydrogens is 299 g/mol. The van der Waals surface area contributed by atoms with Gasteiger partial charge in [0.1, 0.15) is 0 Å². The number of alkyl halides is 6. The zero-order valence-electron chi connectivity index (χ0n) is 8.39. The highest BCUT2D eigenvalue weighted by Crippen LogP contribution is 2.25. The van der Waals surface area contributed by atoms with Crippen LogP contribution in [0.3, 0.4) is 0 Å². The van der Waals surface area contributed by atoms with Gasteiger partial charge in [-0.3, -0.25) is 0 Å². The number of halogens is 6. The van der Waals surface area contributed by atoms with E-state index in [-0.39, 0.29) is 0 Å². The van der Waals surface area contributed by atoms with E-state index in [0.29, 0.717) is 0 Å². The highest BCUT2D eigenvalue weighted by Gasteiger charge is 2.51. The van der Waals surface area contributed by atoms with Crippen LogP contribution in [0.1, 0.15) is 0 Å². The maximum Gasteiger partial charge on any atom is 0.511 e. The first-order chi connectivity index (χ1) is 7.37. The third kappa shape index (κ3) is 10.7. The molecule has 0 bridgehead atoms. The molecule has 0 aromatic rings. The summed E-state index contributed by atoms with van der Waals surface area (Å²) >= 11 is 0. The minimum atomic E-state index is -6.33. The first-order valence-corrected chi connectivity index (χ1v) is 6.03. The van der Waals surface area contributed by atoms with Gasteiger partial charge in [0, 0.05) is 13.7 Å². The summed E-state index contributed by atoms with van der Waals surface area (Å²) in [6, 6.07) is 0. The van der Waals surface area contributed by atoms with Gasteiger partial charge in [0.25, 0.3) is 0 Å². The molecule has 0 spiro atoms. The molecule has 0 saturated carbocycles. The van der Waals surface area contributed by atoms with Crippen LogP contribution in [0.2, 0.25) is 0 Å². The number of methoxy groups -OCH3 is 1. The minimum absolute atomic E-state index is 0.517. The molecule has 0 amide bonds. The Bertz CT molecular complexity index is 298. The van der Waals surface area contributed by atoms with Gasteiger partial charge in [-0.05, 0) is 6.16 Å². The summed E-state index contributed by atoms with van der Waals surface area (Å²) in [6.45, 7) is 0.852. The highest BCUT2D eigenvalue weighted by atomic mass is 32.2. The summed E-state index contributed by atoms with van der Waals surface area (Å²) < 4.78 is 90.5. The molecule has 12 heteroatoms. The van der Waals surface area contributed by atoms with Crippen molar-refractivity contribution in [1.82, 2.24) is 4.72 Å². The Morgan fingerprint density at radius 1 is 1.18 bits per heavy atom. The van der Waals surface area contributed by atoms with Crippen LogP contribution in [0.15, 0.2) is 0 Å². The summed E-state index contributed by atoms with van der Waals surface area (Å²) in [6.07, 6.45) is -4.58. The Balaban J connectivity index is 0. The largest absolute Gasteiger partial charge is 0.511 e. The second kappa shape index (κ2) is 7.34. The lowest BCUT2D eigenvalue weighted by molar-refractivity contribution is -0.143. The van der Waals surface area contributed by atoms with E-state index in [1.807, 2.05) is 0 Å². The molecule has 17 heavy (non-hydrogen) atoms.